The molecule has 1 aliphatic rings. The number of anilines is 1. The summed E-state index contributed by atoms with van der Waals surface area (Å²) in [5.41, 5.74) is 4.87. The van der Waals surface area contributed by atoms with E-state index in [9.17, 15) is 0 Å². The molecule has 0 fully saturated rings. The van der Waals surface area contributed by atoms with Crippen molar-refractivity contribution in [3.05, 3.63) is 41.7 Å². The topological polar surface area (TPSA) is 37.8 Å². The summed E-state index contributed by atoms with van der Waals surface area (Å²) in [6.07, 6.45) is 4.19. The molecule has 104 valence electrons. The number of benzene rings is 1. The Labute approximate surface area is 120 Å². The van der Waals surface area contributed by atoms with Crippen molar-refractivity contribution in [2.75, 3.05) is 11.9 Å². The van der Waals surface area contributed by atoms with E-state index in [0.717, 1.165) is 30.0 Å². The molecule has 0 spiro atoms. The van der Waals surface area contributed by atoms with Gasteiger partial charge < -0.3 is 5.32 Å². The first-order valence-corrected chi connectivity index (χ1v) is 7.25. The molecule has 3 nitrogen and oxygen atoms in total. The molecule has 0 atom stereocenters. The Morgan fingerprint density at radius 2 is 2.00 bits per heavy atom. The standard InChI is InChI=1S/C17H21N3/c1-17(2,3)15-8-10-19-16(20-15)13-6-7-14-12(11-13)5-4-9-18-14/h6-8,10-11,18H,4-5,9H2,1-3H3. The van der Waals surface area contributed by atoms with Crippen molar-refractivity contribution < 1.29 is 0 Å². The van der Waals surface area contributed by atoms with Gasteiger partial charge in [0.05, 0.1) is 0 Å². The fourth-order valence-electron chi connectivity index (χ4n) is 2.53. The molecule has 0 saturated carbocycles. The fraction of sp³-hybridized carbons (Fsp3) is 0.412. The summed E-state index contributed by atoms with van der Waals surface area (Å²) < 4.78 is 0. The number of hydrogen-bond acceptors (Lipinski definition) is 3. The van der Waals surface area contributed by atoms with E-state index >= 15 is 0 Å². The number of aromatic nitrogens is 2. The molecule has 2 aromatic rings. The monoisotopic (exact) mass is 267 g/mol. The van der Waals surface area contributed by atoms with Crippen molar-refractivity contribution in [2.24, 2.45) is 0 Å². The van der Waals surface area contributed by atoms with Crippen LogP contribution in [0.5, 0.6) is 0 Å². The molecule has 0 amide bonds. The maximum absolute atomic E-state index is 4.73. The fourth-order valence-corrected chi connectivity index (χ4v) is 2.53. The highest BCUT2D eigenvalue weighted by atomic mass is 14.9. The van der Waals surface area contributed by atoms with Gasteiger partial charge >= 0.3 is 0 Å². The van der Waals surface area contributed by atoms with Crippen LogP contribution in [-0.4, -0.2) is 16.5 Å². The first-order chi connectivity index (χ1) is 9.54. The number of rotatable bonds is 1. The average Bonchev–Trinajstić information content (AvgIpc) is 2.46. The summed E-state index contributed by atoms with van der Waals surface area (Å²) in [6.45, 7) is 7.60. The first kappa shape index (κ1) is 13.1. The van der Waals surface area contributed by atoms with Gasteiger partial charge in [0.25, 0.3) is 0 Å². The highest BCUT2D eigenvalue weighted by Gasteiger charge is 2.17. The molecule has 3 heteroatoms. The van der Waals surface area contributed by atoms with Gasteiger partial charge in [0, 0.05) is 35.1 Å². The van der Waals surface area contributed by atoms with E-state index in [4.69, 9.17) is 4.98 Å². The normalized spacial score (nSPS) is 14.6. The Hall–Kier alpha value is -1.90. The van der Waals surface area contributed by atoms with Gasteiger partial charge in [-0.1, -0.05) is 20.8 Å². The van der Waals surface area contributed by atoms with Gasteiger partial charge in [-0.25, -0.2) is 9.97 Å². The van der Waals surface area contributed by atoms with Crippen LogP contribution in [0, 0.1) is 0 Å². The van der Waals surface area contributed by atoms with Gasteiger partial charge in [-0.2, -0.15) is 0 Å². The predicted octanol–water partition coefficient (Wildman–Crippen LogP) is 3.80. The minimum atomic E-state index is 0.0491. The van der Waals surface area contributed by atoms with E-state index < -0.39 is 0 Å². The molecule has 0 bridgehead atoms. The van der Waals surface area contributed by atoms with E-state index in [1.165, 1.54) is 17.7 Å². The lowest BCUT2D eigenvalue weighted by Crippen LogP contribution is -2.14. The van der Waals surface area contributed by atoms with Gasteiger partial charge in [-0.3, -0.25) is 0 Å². The molecule has 1 aromatic carbocycles. The Morgan fingerprint density at radius 1 is 1.15 bits per heavy atom. The van der Waals surface area contributed by atoms with Crippen LogP contribution in [0.3, 0.4) is 0 Å². The van der Waals surface area contributed by atoms with Crippen LogP contribution in [0.25, 0.3) is 11.4 Å². The number of hydrogen-bond donors (Lipinski definition) is 1. The van der Waals surface area contributed by atoms with Gasteiger partial charge in [0.1, 0.15) is 0 Å². The molecule has 0 aliphatic carbocycles. The number of aryl methyl sites for hydroxylation is 1. The molecule has 1 aromatic heterocycles. The van der Waals surface area contributed by atoms with Gasteiger partial charge in [0.2, 0.25) is 0 Å². The summed E-state index contributed by atoms with van der Waals surface area (Å²) in [5, 5.41) is 3.44. The lowest BCUT2D eigenvalue weighted by atomic mass is 9.92. The summed E-state index contributed by atoms with van der Waals surface area (Å²) in [5.74, 6) is 0.825. The summed E-state index contributed by atoms with van der Waals surface area (Å²) in [6, 6.07) is 8.49. The highest BCUT2D eigenvalue weighted by molar-refractivity contribution is 5.64. The Kier molecular flexibility index (Phi) is 3.20. The van der Waals surface area contributed by atoms with E-state index in [2.05, 4.69) is 49.3 Å². The van der Waals surface area contributed by atoms with Crippen molar-refractivity contribution in [3.8, 4) is 11.4 Å². The molecule has 0 unspecified atom stereocenters. The molecule has 0 saturated heterocycles. The third kappa shape index (κ3) is 2.53. The van der Waals surface area contributed by atoms with Crippen molar-refractivity contribution in [3.63, 3.8) is 0 Å². The number of nitrogens with zero attached hydrogens (tertiary/aromatic N) is 2. The van der Waals surface area contributed by atoms with Crippen LogP contribution in [0.4, 0.5) is 5.69 Å². The lowest BCUT2D eigenvalue weighted by Gasteiger charge is -2.20. The second-order valence-corrected chi connectivity index (χ2v) is 6.42. The minimum Gasteiger partial charge on any atom is -0.385 e. The molecule has 1 N–H and O–H groups in total. The van der Waals surface area contributed by atoms with Crippen molar-refractivity contribution in [2.45, 2.75) is 39.0 Å². The first-order valence-electron chi connectivity index (χ1n) is 7.25. The predicted molar refractivity (Wildman–Crippen MR) is 83.0 cm³/mol. The third-order valence-electron chi connectivity index (χ3n) is 3.73. The lowest BCUT2D eigenvalue weighted by molar-refractivity contribution is 0.568. The van der Waals surface area contributed by atoms with Gasteiger partial charge in [0.15, 0.2) is 5.82 Å². The molecule has 0 radical (unpaired) electrons. The van der Waals surface area contributed by atoms with Crippen LogP contribution in [-0.2, 0) is 11.8 Å². The zero-order valence-electron chi connectivity index (χ0n) is 12.4. The minimum absolute atomic E-state index is 0.0491. The maximum atomic E-state index is 4.73. The smallest absolute Gasteiger partial charge is 0.159 e. The van der Waals surface area contributed by atoms with Crippen LogP contribution >= 0.6 is 0 Å². The van der Waals surface area contributed by atoms with E-state index in [-0.39, 0.29) is 5.41 Å². The zero-order chi connectivity index (χ0) is 14.2. The quantitative estimate of drug-likeness (QED) is 0.854. The largest absolute Gasteiger partial charge is 0.385 e. The second kappa shape index (κ2) is 4.89. The van der Waals surface area contributed by atoms with E-state index in [1.54, 1.807) is 0 Å². The van der Waals surface area contributed by atoms with Crippen molar-refractivity contribution in [1.82, 2.24) is 9.97 Å². The number of fused-ring (bicyclic) bond motifs is 1. The van der Waals surface area contributed by atoms with E-state index in [0.29, 0.717) is 0 Å². The van der Waals surface area contributed by atoms with Crippen LogP contribution in [0.1, 0.15) is 38.4 Å². The Morgan fingerprint density at radius 3 is 2.80 bits per heavy atom. The summed E-state index contributed by atoms with van der Waals surface area (Å²) >= 11 is 0. The summed E-state index contributed by atoms with van der Waals surface area (Å²) in [4.78, 5) is 9.17. The van der Waals surface area contributed by atoms with E-state index in [1.807, 2.05) is 12.3 Å². The molecule has 1 aliphatic heterocycles. The van der Waals surface area contributed by atoms with Crippen LogP contribution in [0.2, 0.25) is 0 Å². The molecule has 2 heterocycles. The molecular formula is C17H21N3. The maximum Gasteiger partial charge on any atom is 0.159 e. The van der Waals surface area contributed by atoms with Crippen molar-refractivity contribution in [1.29, 1.82) is 0 Å². The molecule has 20 heavy (non-hydrogen) atoms. The average molecular weight is 267 g/mol. The Bertz CT molecular complexity index is 626. The highest BCUT2D eigenvalue weighted by Crippen LogP contribution is 2.28. The molecule has 3 rings (SSSR count). The zero-order valence-corrected chi connectivity index (χ0v) is 12.4. The van der Waals surface area contributed by atoms with Gasteiger partial charge in [-0.05, 0) is 42.7 Å². The number of nitrogens with one attached hydrogen (secondary N) is 1. The van der Waals surface area contributed by atoms with Gasteiger partial charge in [-0.15, -0.1) is 0 Å². The SMILES string of the molecule is CC(C)(C)c1ccnc(-c2ccc3c(c2)CCCN3)n1. The van der Waals surface area contributed by atoms with Crippen LogP contribution < -0.4 is 5.32 Å². The Balaban J connectivity index is 2.01. The summed E-state index contributed by atoms with van der Waals surface area (Å²) in [7, 11) is 0. The third-order valence-corrected chi connectivity index (χ3v) is 3.73. The molecular weight excluding hydrogens is 246 g/mol. The second-order valence-electron chi connectivity index (χ2n) is 6.42. The van der Waals surface area contributed by atoms with Crippen LogP contribution in [0.15, 0.2) is 30.5 Å². The van der Waals surface area contributed by atoms with Crippen molar-refractivity contribution >= 4 is 5.69 Å².